The maximum Gasteiger partial charge on any atom is 0.154 e. The molecule has 0 spiro atoms. The highest BCUT2D eigenvalue weighted by Crippen LogP contribution is 2.15. The lowest BCUT2D eigenvalue weighted by atomic mass is 10.1. The van der Waals surface area contributed by atoms with Crippen molar-refractivity contribution in [2.24, 2.45) is 0 Å². The first-order valence-corrected chi connectivity index (χ1v) is 4.32. The van der Waals surface area contributed by atoms with E-state index in [1.54, 1.807) is 16.4 Å². The Morgan fingerprint density at radius 1 is 0.923 bits per heavy atom. The lowest BCUT2D eigenvalue weighted by molar-refractivity contribution is -0.492. The zero-order valence-corrected chi connectivity index (χ0v) is 7.74. The van der Waals surface area contributed by atoms with E-state index in [0.29, 0.717) is 0 Å². The van der Waals surface area contributed by atoms with Gasteiger partial charge in [0.2, 0.25) is 0 Å². The molecule has 0 atom stereocenters. The van der Waals surface area contributed by atoms with Gasteiger partial charge in [0.05, 0.1) is 0 Å². The predicted octanol–water partition coefficient (Wildman–Crippen LogP) is 1.35. The molecule has 2 aromatic heterocycles. The van der Waals surface area contributed by atoms with Gasteiger partial charge in [-0.2, -0.15) is 0 Å². The van der Waals surface area contributed by atoms with Crippen LogP contribution in [0.5, 0.6) is 0 Å². The molecule has 3 heteroatoms. The first-order valence-electron chi connectivity index (χ1n) is 3.95. The molecule has 2 heterocycles. The Kier molecular flexibility index (Phi) is 2.19. The van der Waals surface area contributed by atoms with Crippen LogP contribution in [0.2, 0.25) is 0 Å². The maximum absolute atomic E-state index is 4.93. The number of nitrogens with zero attached hydrogens (tertiary/aromatic N) is 2. The molecule has 0 amide bonds. The molecule has 0 bridgehead atoms. The highest BCUT2D eigenvalue weighted by Gasteiger charge is 1.96. The van der Waals surface area contributed by atoms with E-state index in [-0.39, 0.29) is 0 Å². The third-order valence-electron chi connectivity index (χ3n) is 1.82. The van der Waals surface area contributed by atoms with E-state index in [0.717, 1.165) is 11.1 Å². The van der Waals surface area contributed by atoms with Crippen molar-refractivity contribution in [1.29, 1.82) is 0 Å². The summed E-state index contributed by atoms with van der Waals surface area (Å²) in [7, 11) is 0. The first kappa shape index (κ1) is 8.13. The van der Waals surface area contributed by atoms with Crippen molar-refractivity contribution in [2.45, 2.75) is 0 Å². The smallest absolute Gasteiger partial charge is 0.154 e. The lowest BCUT2D eigenvalue weighted by Crippen LogP contribution is -2.23. The molecular formula is C10H8N2S. The van der Waals surface area contributed by atoms with E-state index in [9.17, 15) is 0 Å². The third kappa shape index (κ3) is 1.81. The van der Waals surface area contributed by atoms with Crippen LogP contribution in [-0.2, 0) is 12.8 Å². The van der Waals surface area contributed by atoms with Gasteiger partial charge < -0.3 is 16.8 Å². The summed E-state index contributed by atoms with van der Waals surface area (Å²) in [5, 5.41) is 0. The zero-order valence-electron chi connectivity index (χ0n) is 6.92. The summed E-state index contributed by atoms with van der Waals surface area (Å²) in [4.78, 5) is 3.96. The van der Waals surface area contributed by atoms with E-state index in [1.807, 2.05) is 36.7 Å². The Balaban J connectivity index is 2.42. The van der Waals surface area contributed by atoms with Gasteiger partial charge in [-0.1, -0.05) is 0 Å². The van der Waals surface area contributed by atoms with Gasteiger partial charge in [0.25, 0.3) is 0 Å². The minimum absolute atomic E-state index is 1.16. The minimum Gasteiger partial charge on any atom is -0.427 e. The van der Waals surface area contributed by atoms with Crippen LogP contribution < -0.4 is 3.97 Å². The van der Waals surface area contributed by atoms with Gasteiger partial charge in [-0.15, -0.1) is 0 Å². The molecule has 2 rings (SSSR count). The molecule has 0 fully saturated rings. The molecule has 0 aliphatic carbocycles. The van der Waals surface area contributed by atoms with E-state index < -0.39 is 0 Å². The molecule has 0 radical (unpaired) electrons. The number of aromatic nitrogens is 2. The number of hydrogen-bond acceptors (Lipinski definition) is 2. The van der Waals surface area contributed by atoms with Crippen molar-refractivity contribution in [1.82, 2.24) is 4.98 Å². The van der Waals surface area contributed by atoms with Crippen LogP contribution in [0.1, 0.15) is 0 Å². The molecule has 2 nitrogen and oxygen atoms in total. The molecule has 13 heavy (non-hydrogen) atoms. The topological polar surface area (TPSA) is 16.8 Å². The van der Waals surface area contributed by atoms with Gasteiger partial charge >= 0.3 is 0 Å². The van der Waals surface area contributed by atoms with Gasteiger partial charge in [-0.05, 0) is 23.3 Å². The normalized spacial score (nSPS) is 9.85. The minimum atomic E-state index is 1.16. The van der Waals surface area contributed by atoms with Crippen molar-refractivity contribution < 1.29 is 3.97 Å². The Hall–Kier alpha value is -1.48. The van der Waals surface area contributed by atoms with E-state index in [1.165, 1.54) is 0 Å². The molecule has 0 aliphatic rings. The van der Waals surface area contributed by atoms with Gasteiger partial charge in [-0.3, -0.25) is 4.98 Å². The lowest BCUT2D eigenvalue weighted by Gasteiger charge is -2.00. The van der Waals surface area contributed by atoms with Crippen LogP contribution in [0.25, 0.3) is 11.1 Å². The third-order valence-corrected chi connectivity index (χ3v) is 2.06. The summed E-state index contributed by atoms with van der Waals surface area (Å²) in [5.41, 5.74) is 2.31. The summed E-state index contributed by atoms with van der Waals surface area (Å²) >= 11 is 4.93. The number of pyridine rings is 2. The monoisotopic (exact) mass is 188 g/mol. The Morgan fingerprint density at radius 3 is 2.08 bits per heavy atom. The number of rotatable bonds is 1. The average molecular weight is 188 g/mol. The molecule has 64 valence electrons. The van der Waals surface area contributed by atoms with Crippen LogP contribution >= 0.6 is 0 Å². The second-order valence-corrected chi connectivity index (χ2v) is 3.10. The summed E-state index contributed by atoms with van der Waals surface area (Å²) in [6.45, 7) is 0. The fourth-order valence-electron chi connectivity index (χ4n) is 1.15. The van der Waals surface area contributed by atoms with Crippen LogP contribution in [0, 0.1) is 0 Å². The van der Waals surface area contributed by atoms with Gasteiger partial charge in [0.1, 0.15) is 0 Å². The summed E-state index contributed by atoms with van der Waals surface area (Å²) in [5.74, 6) is 0. The molecule has 0 aromatic carbocycles. The van der Waals surface area contributed by atoms with Crippen molar-refractivity contribution in [3.63, 3.8) is 0 Å². The fraction of sp³-hybridized carbons (Fsp3) is 0. The summed E-state index contributed by atoms with van der Waals surface area (Å²) in [6, 6.07) is 7.93. The van der Waals surface area contributed by atoms with E-state index >= 15 is 0 Å². The number of hydrogen-bond donors (Lipinski definition) is 0. The Bertz CT molecular complexity index is 383. The zero-order chi connectivity index (χ0) is 9.10. The van der Waals surface area contributed by atoms with Crippen LogP contribution in [-0.4, -0.2) is 4.98 Å². The van der Waals surface area contributed by atoms with Gasteiger partial charge in [0, 0.05) is 24.5 Å². The van der Waals surface area contributed by atoms with Crippen LogP contribution in [0.15, 0.2) is 49.1 Å². The highest BCUT2D eigenvalue weighted by molar-refractivity contribution is 7.50. The van der Waals surface area contributed by atoms with Crippen molar-refractivity contribution in [3.05, 3.63) is 49.1 Å². The SMILES string of the molecule is [S-][n+]1ccc(-c2ccncc2)cc1. The van der Waals surface area contributed by atoms with Crippen LogP contribution in [0.4, 0.5) is 0 Å². The van der Waals surface area contributed by atoms with Crippen molar-refractivity contribution >= 4 is 12.8 Å². The standard InChI is InChI=1S/C10H8N2S/c13-12-7-3-10(4-8-12)9-1-5-11-6-2-9/h1-8H. The molecule has 0 saturated heterocycles. The van der Waals surface area contributed by atoms with Crippen molar-refractivity contribution in [2.75, 3.05) is 0 Å². The molecule has 0 aliphatic heterocycles. The quantitative estimate of drug-likeness (QED) is 0.496. The summed E-state index contributed by atoms with van der Waals surface area (Å²) in [6.07, 6.45) is 7.27. The maximum atomic E-state index is 4.93. The van der Waals surface area contributed by atoms with Crippen LogP contribution in [0.3, 0.4) is 0 Å². The second-order valence-electron chi connectivity index (χ2n) is 2.68. The average Bonchev–Trinajstić information content (AvgIpc) is 2.20. The Morgan fingerprint density at radius 2 is 1.46 bits per heavy atom. The molecule has 0 N–H and O–H groups in total. The predicted molar refractivity (Wildman–Crippen MR) is 52.6 cm³/mol. The first-order chi connectivity index (χ1) is 6.36. The second kappa shape index (κ2) is 3.49. The molecule has 0 unspecified atom stereocenters. The van der Waals surface area contributed by atoms with Crippen molar-refractivity contribution in [3.8, 4) is 11.1 Å². The van der Waals surface area contributed by atoms with Gasteiger partial charge in [0.15, 0.2) is 12.4 Å². The highest BCUT2D eigenvalue weighted by atomic mass is 32.1. The Labute approximate surface area is 82.4 Å². The molecule has 0 saturated carbocycles. The van der Waals surface area contributed by atoms with E-state index in [4.69, 9.17) is 12.8 Å². The van der Waals surface area contributed by atoms with Gasteiger partial charge in [-0.25, -0.2) is 0 Å². The molecule has 2 aromatic rings. The molecular weight excluding hydrogens is 180 g/mol. The van der Waals surface area contributed by atoms with E-state index in [2.05, 4.69) is 4.98 Å². The largest absolute Gasteiger partial charge is 0.427 e. The fourth-order valence-corrected chi connectivity index (χ4v) is 1.27. The summed E-state index contributed by atoms with van der Waals surface area (Å²) < 4.78 is 1.60.